The Labute approximate surface area is 93.6 Å². The Balaban J connectivity index is 3.32. The topological polar surface area (TPSA) is 68.5 Å². The smallest absolute Gasteiger partial charge is 0.337 e. The molecule has 0 aliphatic heterocycles. The number of rotatable bonds is 3. The molecule has 5 nitrogen and oxygen atoms in total. The van der Waals surface area contributed by atoms with Crippen LogP contribution in [-0.2, 0) is 16.6 Å². The van der Waals surface area contributed by atoms with Crippen molar-refractivity contribution < 1.29 is 19.4 Å². The molecule has 5 heteroatoms. The van der Waals surface area contributed by atoms with Crippen LogP contribution in [0.15, 0.2) is 6.20 Å². The number of carboxylic acids is 1. The molecule has 0 spiro atoms. The second kappa shape index (κ2) is 4.38. The van der Waals surface area contributed by atoms with Crippen molar-refractivity contribution in [2.75, 3.05) is 7.11 Å². The van der Waals surface area contributed by atoms with E-state index in [2.05, 4.69) is 4.74 Å². The van der Waals surface area contributed by atoms with E-state index in [0.717, 1.165) is 0 Å². The summed E-state index contributed by atoms with van der Waals surface area (Å²) in [6.45, 7) is 3.34. The molecule has 0 radical (unpaired) electrons. The summed E-state index contributed by atoms with van der Waals surface area (Å²) in [5.41, 5.74) is 1.29. The van der Waals surface area contributed by atoms with E-state index in [9.17, 15) is 9.59 Å². The predicted molar refractivity (Wildman–Crippen MR) is 57.5 cm³/mol. The fourth-order valence-corrected chi connectivity index (χ4v) is 1.89. The maximum Gasteiger partial charge on any atom is 0.337 e. The van der Waals surface area contributed by atoms with Crippen molar-refractivity contribution in [1.29, 1.82) is 0 Å². The quantitative estimate of drug-likeness (QED) is 0.787. The van der Waals surface area contributed by atoms with Gasteiger partial charge in [-0.05, 0) is 19.4 Å². The molecule has 0 saturated carbocycles. The van der Waals surface area contributed by atoms with Crippen molar-refractivity contribution in [3.8, 4) is 0 Å². The molecule has 88 valence electrons. The van der Waals surface area contributed by atoms with Crippen LogP contribution in [0, 0.1) is 6.92 Å². The van der Waals surface area contributed by atoms with E-state index in [1.165, 1.54) is 7.11 Å². The van der Waals surface area contributed by atoms with Crippen LogP contribution in [0.3, 0.4) is 0 Å². The number of aromatic carboxylic acids is 1. The summed E-state index contributed by atoms with van der Waals surface area (Å²) in [7, 11) is 3.00. The lowest BCUT2D eigenvalue weighted by molar-refractivity contribution is -0.142. The Morgan fingerprint density at radius 2 is 2.06 bits per heavy atom. The van der Waals surface area contributed by atoms with Crippen LogP contribution in [0.5, 0.6) is 0 Å². The van der Waals surface area contributed by atoms with Gasteiger partial charge in [-0.25, -0.2) is 4.79 Å². The minimum atomic E-state index is -1.02. The highest BCUT2D eigenvalue weighted by Gasteiger charge is 2.26. The van der Waals surface area contributed by atoms with E-state index < -0.39 is 17.9 Å². The number of nitrogens with zero attached hydrogens (tertiary/aromatic N) is 1. The number of aryl methyl sites for hydroxylation is 2. The van der Waals surface area contributed by atoms with E-state index in [-0.39, 0.29) is 5.56 Å². The molecule has 0 fully saturated rings. The van der Waals surface area contributed by atoms with Gasteiger partial charge in [0.2, 0.25) is 0 Å². The lowest BCUT2D eigenvalue weighted by Gasteiger charge is -2.12. The van der Waals surface area contributed by atoms with Crippen molar-refractivity contribution in [3.05, 3.63) is 23.0 Å². The van der Waals surface area contributed by atoms with Crippen LogP contribution in [0.1, 0.15) is 34.5 Å². The zero-order valence-corrected chi connectivity index (χ0v) is 9.77. The molecule has 0 aliphatic rings. The first-order chi connectivity index (χ1) is 7.40. The normalized spacial score (nSPS) is 12.2. The molecule has 0 bridgehead atoms. The average Bonchev–Trinajstić information content (AvgIpc) is 2.51. The van der Waals surface area contributed by atoms with Crippen LogP contribution in [0.2, 0.25) is 0 Å². The number of carboxylic acid groups (broad SMARTS) is 1. The summed E-state index contributed by atoms with van der Waals surface area (Å²) in [5.74, 6) is -2.05. The van der Waals surface area contributed by atoms with Gasteiger partial charge in [0.25, 0.3) is 0 Å². The third kappa shape index (κ3) is 1.93. The maximum atomic E-state index is 11.4. The number of carbonyl (C=O) groups excluding carboxylic acids is 1. The highest BCUT2D eigenvalue weighted by atomic mass is 16.5. The number of ether oxygens (including phenoxy) is 1. The van der Waals surface area contributed by atoms with Crippen LogP contribution in [0.25, 0.3) is 0 Å². The molecule has 16 heavy (non-hydrogen) atoms. The van der Waals surface area contributed by atoms with E-state index in [4.69, 9.17) is 5.11 Å². The van der Waals surface area contributed by atoms with E-state index in [1.807, 2.05) is 0 Å². The number of esters is 1. The number of hydrogen-bond acceptors (Lipinski definition) is 3. The second-order valence-electron chi connectivity index (χ2n) is 3.73. The Bertz CT molecular complexity index is 433. The van der Waals surface area contributed by atoms with Crippen LogP contribution in [0.4, 0.5) is 0 Å². The molecule has 0 amide bonds. The highest BCUT2D eigenvalue weighted by Crippen LogP contribution is 2.25. The van der Waals surface area contributed by atoms with Gasteiger partial charge in [0.05, 0.1) is 18.6 Å². The molecule has 0 aromatic carbocycles. The maximum absolute atomic E-state index is 11.4. The summed E-state index contributed by atoms with van der Waals surface area (Å²) in [5, 5.41) is 9.10. The van der Waals surface area contributed by atoms with Gasteiger partial charge in [0.15, 0.2) is 0 Å². The van der Waals surface area contributed by atoms with Crippen molar-refractivity contribution in [2.24, 2.45) is 7.05 Å². The van der Waals surface area contributed by atoms with Gasteiger partial charge in [0, 0.05) is 18.9 Å². The van der Waals surface area contributed by atoms with Crippen LogP contribution < -0.4 is 0 Å². The molecule has 0 saturated heterocycles. The van der Waals surface area contributed by atoms with Crippen LogP contribution in [-0.4, -0.2) is 28.7 Å². The summed E-state index contributed by atoms with van der Waals surface area (Å²) < 4.78 is 6.27. The Morgan fingerprint density at radius 3 is 2.50 bits per heavy atom. The first-order valence-electron chi connectivity index (χ1n) is 4.87. The minimum Gasteiger partial charge on any atom is -0.478 e. The standard InChI is InChI=1S/C11H15NO4/c1-6-5-12(3)9(8(6)10(13)14)7(2)11(15)16-4/h5,7H,1-4H3,(H,13,14). The van der Waals surface area contributed by atoms with E-state index in [1.54, 1.807) is 31.7 Å². The molecule has 1 atom stereocenters. The molecule has 1 aromatic heterocycles. The lowest BCUT2D eigenvalue weighted by atomic mass is 10.0. The lowest BCUT2D eigenvalue weighted by Crippen LogP contribution is -2.17. The van der Waals surface area contributed by atoms with Crippen LogP contribution >= 0.6 is 0 Å². The highest BCUT2D eigenvalue weighted by molar-refractivity contribution is 5.93. The largest absolute Gasteiger partial charge is 0.478 e. The predicted octanol–water partition coefficient (Wildman–Crippen LogP) is 1.31. The van der Waals surface area contributed by atoms with Gasteiger partial charge in [-0.1, -0.05) is 0 Å². The van der Waals surface area contributed by atoms with E-state index in [0.29, 0.717) is 11.3 Å². The van der Waals surface area contributed by atoms with Crippen molar-refractivity contribution >= 4 is 11.9 Å². The van der Waals surface area contributed by atoms with E-state index >= 15 is 0 Å². The molecule has 0 aliphatic carbocycles. The monoisotopic (exact) mass is 225 g/mol. The molecule has 1 heterocycles. The first kappa shape index (κ1) is 12.3. The molecule has 1 unspecified atom stereocenters. The van der Waals surface area contributed by atoms with Crippen molar-refractivity contribution in [1.82, 2.24) is 4.57 Å². The summed E-state index contributed by atoms with van der Waals surface area (Å²) >= 11 is 0. The zero-order chi connectivity index (χ0) is 12.5. The fraction of sp³-hybridized carbons (Fsp3) is 0.455. The fourth-order valence-electron chi connectivity index (χ4n) is 1.89. The Hall–Kier alpha value is -1.78. The van der Waals surface area contributed by atoms with Crippen molar-refractivity contribution in [2.45, 2.75) is 19.8 Å². The SMILES string of the molecule is COC(=O)C(C)c1c(C(=O)O)c(C)cn1C. The number of carbonyl (C=O) groups is 2. The number of hydrogen-bond donors (Lipinski definition) is 1. The molecule has 1 N–H and O–H groups in total. The van der Waals surface area contributed by atoms with Gasteiger partial charge in [-0.2, -0.15) is 0 Å². The van der Waals surface area contributed by atoms with Gasteiger partial charge < -0.3 is 14.4 Å². The zero-order valence-electron chi connectivity index (χ0n) is 9.77. The first-order valence-corrected chi connectivity index (χ1v) is 4.87. The average molecular weight is 225 g/mol. The summed E-state index contributed by atoms with van der Waals surface area (Å²) in [6, 6.07) is 0. The molecule has 1 aromatic rings. The second-order valence-corrected chi connectivity index (χ2v) is 3.73. The van der Waals surface area contributed by atoms with Gasteiger partial charge in [-0.3, -0.25) is 4.79 Å². The molecule has 1 rings (SSSR count). The minimum absolute atomic E-state index is 0.181. The van der Waals surface area contributed by atoms with Gasteiger partial charge >= 0.3 is 11.9 Å². The summed E-state index contributed by atoms with van der Waals surface area (Å²) in [4.78, 5) is 22.5. The van der Waals surface area contributed by atoms with Crippen molar-refractivity contribution in [3.63, 3.8) is 0 Å². The third-order valence-electron chi connectivity index (χ3n) is 2.60. The van der Waals surface area contributed by atoms with Gasteiger partial charge in [-0.15, -0.1) is 0 Å². The van der Waals surface area contributed by atoms with Gasteiger partial charge in [0.1, 0.15) is 0 Å². The Morgan fingerprint density at radius 1 is 1.50 bits per heavy atom. The number of methoxy groups -OCH3 is 1. The summed E-state index contributed by atoms with van der Waals surface area (Å²) in [6.07, 6.45) is 1.69. The Kier molecular flexibility index (Phi) is 3.37. The number of aromatic nitrogens is 1. The molecular weight excluding hydrogens is 210 g/mol. The third-order valence-corrected chi connectivity index (χ3v) is 2.60. The molecular formula is C11H15NO4.